The Balaban J connectivity index is 1.64. The molecule has 132 valence electrons. The van der Waals surface area contributed by atoms with Crippen LogP contribution in [-0.2, 0) is 14.3 Å². The second-order valence-electron chi connectivity index (χ2n) is 5.92. The predicted molar refractivity (Wildman–Crippen MR) is 91.5 cm³/mol. The van der Waals surface area contributed by atoms with E-state index in [4.69, 9.17) is 4.74 Å². The Morgan fingerprint density at radius 1 is 1.42 bits per heavy atom. The second-order valence-corrected chi connectivity index (χ2v) is 5.92. The minimum atomic E-state index is -0.120. The van der Waals surface area contributed by atoms with Gasteiger partial charge in [0.15, 0.2) is 0 Å². The number of rotatable bonds is 8. The summed E-state index contributed by atoms with van der Waals surface area (Å²) in [6, 6.07) is 3.84. The highest BCUT2D eigenvalue weighted by Gasteiger charge is 2.27. The zero-order valence-corrected chi connectivity index (χ0v) is 14.2. The average Bonchev–Trinajstić information content (AvgIpc) is 2.62. The lowest BCUT2D eigenvalue weighted by Crippen LogP contribution is -2.46. The van der Waals surface area contributed by atoms with E-state index in [1.807, 2.05) is 12.1 Å². The Morgan fingerprint density at radius 2 is 2.29 bits per heavy atom. The van der Waals surface area contributed by atoms with Gasteiger partial charge in [0.1, 0.15) is 6.61 Å². The number of piperidine rings is 1. The van der Waals surface area contributed by atoms with E-state index in [1.165, 1.54) is 7.11 Å². The SMILES string of the molecule is COCC(=O)N1CCC[C@@H](C(=O)NCCCNc2cccnc2)C1. The number of anilines is 1. The molecule has 0 aromatic carbocycles. The summed E-state index contributed by atoms with van der Waals surface area (Å²) < 4.78 is 4.88. The topological polar surface area (TPSA) is 83.6 Å². The number of hydrogen-bond acceptors (Lipinski definition) is 5. The fourth-order valence-corrected chi connectivity index (χ4v) is 2.78. The van der Waals surface area contributed by atoms with Crippen molar-refractivity contribution in [1.82, 2.24) is 15.2 Å². The van der Waals surface area contributed by atoms with E-state index in [-0.39, 0.29) is 24.3 Å². The van der Waals surface area contributed by atoms with Crippen LogP contribution in [0.4, 0.5) is 5.69 Å². The van der Waals surface area contributed by atoms with Gasteiger partial charge >= 0.3 is 0 Å². The van der Waals surface area contributed by atoms with Gasteiger partial charge in [-0.1, -0.05) is 0 Å². The monoisotopic (exact) mass is 334 g/mol. The van der Waals surface area contributed by atoms with E-state index in [1.54, 1.807) is 17.3 Å². The van der Waals surface area contributed by atoms with Gasteiger partial charge in [0, 0.05) is 45.7 Å². The lowest BCUT2D eigenvalue weighted by Gasteiger charge is -2.31. The second kappa shape index (κ2) is 9.87. The summed E-state index contributed by atoms with van der Waals surface area (Å²) in [5.41, 5.74) is 0.975. The smallest absolute Gasteiger partial charge is 0.248 e. The largest absolute Gasteiger partial charge is 0.384 e. The molecule has 1 atom stereocenters. The van der Waals surface area contributed by atoms with Crippen LogP contribution in [0.5, 0.6) is 0 Å². The maximum Gasteiger partial charge on any atom is 0.248 e. The summed E-state index contributed by atoms with van der Waals surface area (Å²) in [5.74, 6) is -0.132. The molecular weight excluding hydrogens is 308 g/mol. The van der Waals surface area contributed by atoms with Crippen molar-refractivity contribution >= 4 is 17.5 Å². The molecule has 0 radical (unpaired) electrons. The van der Waals surface area contributed by atoms with Crippen molar-refractivity contribution in [3.63, 3.8) is 0 Å². The number of nitrogens with one attached hydrogen (secondary N) is 2. The number of methoxy groups -OCH3 is 1. The maximum atomic E-state index is 12.2. The van der Waals surface area contributed by atoms with Crippen molar-refractivity contribution in [3.05, 3.63) is 24.5 Å². The highest BCUT2D eigenvalue weighted by atomic mass is 16.5. The summed E-state index contributed by atoms with van der Waals surface area (Å²) in [6.07, 6.45) is 6.02. The van der Waals surface area contributed by atoms with Gasteiger partial charge in [0.2, 0.25) is 11.8 Å². The molecule has 1 aliphatic heterocycles. The first-order valence-electron chi connectivity index (χ1n) is 8.39. The third-order valence-corrected chi connectivity index (χ3v) is 4.06. The molecule has 7 heteroatoms. The van der Waals surface area contributed by atoms with Crippen molar-refractivity contribution in [2.75, 3.05) is 45.2 Å². The predicted octanol–water partition coefficient (Wildman–Crippen LogP) is 0.885. The van der Waals surface area contributed by atoms with Crippen LogP contribution >= 0.6 is 0 Å². The normalized spacial score (nSPS) is 17.4. The Hall–Kier alpha value is -2.15. The summed E-state index contributed by atoms with van der Waals surface area (Å²) >= 11 is 0. The first kappa shape index (κ1) is 18.2. The minimum absolute atomic E-state index is 0.0336. The van der Waals surface area contributed by atoms with Crippen molar-refractivity contribution in [2.45, 2.75) is 19.3 Å². The van der Waals surface area contributed by atoms with Gasteiger partial charge in [0.05, 0.1) is 11.6 Å². The third-order valence-electron chi connectivity index (χ3n) is 4.06. The van der Waals surface area contributed by atoms with Crippen LogP contribution in [0.25, 0.3) is 0 Å². The molecule has 0 spiro atoms. The lowest BCUT2D eigenvalue weighted by atomic mass is 9.97. The first-order chi connectivity index (χ1) is 11.7. The fourth-order valence-electron chi connectivity index (χ4n) is 2.78. The average molecular weight is 334 g/mol. The summed E-state index contributed by atoms with van der Waals surface area (Å²) in [5, 5.41) is 6.22. The van der Waals surface area contributed by atoms with E-state index in [0.717, 1.165) is 31.5 Å². The standard InChI is InChI=1S/C17H26N4O3/c1-24-13-16(22)21-10-3-5-14(12-21)17(23)20-9-4-8-19-15-6-2-7-18-11-15/h2,6-7,11,14,19H,3-5,8-10,12-13H2,1H3,(H,20,23)/t14-/m1/s1. The van der Waals surface area contributed by atoms with Crippen molar-refractivity contribution in [2.24, 2.45) is 5.92 Å². The van der Waals surface area contributed by atoms with Gasteiger partial charge in [-0.15, -0.1) is 0 Å². The molecule has 0 bridgehead atoms. The highest BCUT2D eigenvalue weighted by molar-refractivity contribution is 5.81. The number of ether oxygens (including phenoxy) is 1. The Labute approximate surface area is 142 Å². The van der Waals surface area contributed by atoms with Crippen LogP contribution in [-0.4, -0.2) is 61.6 Å². The summed E-state index contributed by atoms with van der Waals surface area (Å²) in [4.78, 5) is 29.9. The molecule has 2 heterocycles. The minimum Gasteiger partial charge on any atom is -0.384 e. The Bertz CT molecular complexity index is 524. The van der Waals surface area contributed by atoms with Gasteiger partial charge in [0.25, 0.3) is 0 Å². The maximum absolute atomic E-state index is 12.2. The molecule has 1 fully saturated rings. The molecule has 1 aromatic heterocycles. The molecule has 7 nitrogen and oxygen atoms in total. The lowest BCUT2D eigenvalue weighted by molar-refractivity contribution is -0.138. The summed E-state index contributed by atoms with van der Waals surface area (Å²) in [7, 11) is 1.51. The van der Waals surface area contributed by atoms with Crippen LogP contribution < -0.4 is 10.6 Å². The van der Waals surface area contributed by atoms with Crippen LogP contribution in [0.15, 0.2) is 24.5 Å². The van der Waals surface area contributed by atoms with Gasteiger partial charge in [-0.3, -0.25) is 14.6 Å². The molecule has 2 N–H and O–H groups in total. The highest BCUT2D eigenvalue weighted by Crippen LogP contribution is 2.16. The number of carbonyl (C=O) groups is 2. The van der Waals surface area contributed by atoms with Crippen molar-refractivity contribution in [1.29, 1.82) is 0 Å². The Morgan fingerprint density at radius 3 is 3.04 bits per heavy atom. The molecule has 0 unspecified atom stereocenters. The Kier molecular flexibility index (Phi) is 7.48. The molecule has 2 rings (SSSR count). The van der Waals surface area contributed by atoms with E-state index in [2.05, 4.69) is 15.6 Å². The molecular formula is C17H26N4O3. The number of hydrogen-bond donors (Lipinski definition) is 2. The van der Waals surface area contributed by atoms with Gasteiger partial charge in [-0.2, -0.15) is 0 Å². The van der Waals surface area contributed by atoms with Crippen molar-refractivity contribution in [3.8, 4) is 0 Å². The van der Waals surface area contributed by atoms with E-state index >= 15 is 0 Å². The molecule has 1 aliphatic rings. The van der Waals surface area contributed by atoms with Gasteiger partial charge in [-0.25, -0.2) is 0 Å². The molecule has 24 heavy (non-hydrogen) atoms. The van der Waals surface area contributed by atoms with Gasteiger partial charge in [-0.05, 0) is 31.4 Å². The molecule has 0 aliphatic carbocycles. The van der Waals surface area contributed by atoms with E-state index < -0.39 is 0 Å². The van der Waals surface area contributed by atoms with Crippen LogP contribution in [0.3, 0.4) is 0 Å². The number of nitrogens with zero attached hydrogens (tertiary/aromatic N) is 2. The first-order valence-corrected chi connectivity index (χ1v) is 8.39. The fraction of sp³-hybridized carbons (Fsp3) is 0.588. The van der Waals surface area contributed by atoms with E-state index in [0.29, 0.717) is 19.6 Å². The molecule has 0 saturated carbocycles. The van der Waals surface area contributed by atoms with Crippen LogP contribution in [0.2, 0.25) is 0 Å². The number of amides is 2. The van der Waals surface area contributed by atoms with Gasteiger partial charge < -0.3 is 20.3 Å². The van der Waals surface area contributed by atoms with Crippen LogP contribution in [0.1, 0.15) is 19.3 Å². The van der Waals surface area contributed by atoms with E-state index in [9.17, 15) is 9.59 Å². The third kappa shape index (κ3) is 5.81. The quantitative estimate of drug-likeness (QED) is 0.690. The molecule has 2 amide bonds. The molecule has 1 saturated heterocycles. The zero-order chi connectivity index (χ0) is 17.2. The summed E-state index contributed by atoms with van der Waals surface area (Å²) in [6.45, 7) is 2.67. The van der Waals surface area contributed by atoms with Crippen molar-refractivity contribution < 1.29 is 14.3 Å². The number of pyridine rings is 1. The molecule has 1 aromatic rings. The zero-order valence-electron chi connectivity index (χ0n) is 14.2. The number of carbonyl (C=O) groups excluding carboxylic acids is 2. The van der Waals surface area contributed by atoms with Crippen LogP contribution in [0, 0.1) is 5.92 Å². The number of aromatic nitrogens is 1. The number of likely N-dealkylation sites (tertiary alicyclic amines) is 1.